The smallest absolute Gasteiger partial charge is 0.224 e. The van der Waals surface area contributed by atoms with E-state index >= 15 is 0 Å². The summed E-state index contributed by atoms with van der Waals surface area (Å²) in [7, 11) is 3.35. The topological polar surface area (TPSA) is 60.2 Å². The van der Waals surface area contributed by atoms with E-state index in [2.05, 4.69) is 10.1 Å². The van der Waals surface area contributed by atoms with Gasteiger partial charge in [-0.2, -0.15) is 5.10 Å². The molecule has 0 atom stereocenters. The Kier molecular flexibility index (Phi) is 5.16. The van der Waals surface area contributed by atoms with E-state index in [1.165, 1.54) is 6.33 Å². The lowest BCUT2D eigenvalue weighted by molar-refractivity contribution is -0.130. The minimum atomic E-state index is 0.0209. The van der Waals surface area contributed by atoms with Crippen LogP contribution in [0.25, 0.3) is 0 Å². The van der Waals surface area contributed by atoms with Crippen molar-refractivity contribution in [2.75, 3.05) is 14.2 Å². The average Bonchev–Trinajstić information content (AvgIpc) is 2.98. The molecule has 7 heteroatoms. The van der Waals surface area contributed by atoms with Gasteiger partial charge in [0.05, 0.1) is 13.7 Å². The van der Waals surface area contributed by atoms with Gasteiger partial charge in [0.15, 0.2) is 0 Å². The van der Waals surface area contributed by atoms with E-state index in [-0.39, 0.29) is 5.91 Å². The largest absolute Gasteiger partial charge is 0.496 e. The quantitative estimate of drug-likeness (QED) is 0.819. The van der Waals surface area contributed by atoms with Gasteiger partial charge in [0.25, 0.3) is 0 Å². The molecular weight excluding hydrogens is 292 g/mol. The fraction of sp³-hybridized carbons (Fsp3) is 0.357. The average molecular weight is 309 g/mol. The molecule has 0 spiro atoms. The number of carbonyl (C=O) groups is 1. The second kappa shape index (κ2) is 7.08. The molecule has 0 bridgehead atoms. The number of methoxy groups -OCH3 is 1. The monoisotopic (exact) mass is 308 g/mol. The molecule has 2 aromatic rings. The molecule has 1 heterocycles. The van der Waals surface area contributed by atoms with Crippen LogP contribution in [0.15, 0.2) is 30.9 Å². The summed E-state index contributed by atoms with van der Waals surface area (Å²) in [4.78, 5) is 17.6. The second-order valence-corrected chi connectivity index (χ2v) is 5.05. The third-order valence-electron chi connectivity index (χ3n) is 3.10. The number of hydrogen-bond donors (Lipinski definition) is 0. The Balaban J connectivity index is 1.95. The molecule has 21 heavy (non-hydrogen) atoms. The minimum absolute atomic E-state index is 0.0209. The number of nitrogens with zero attached hydrogens (tertiary/aromatic N) is 4. The highest BCUT2D eigenvalue weighted by molar-refractivity contribution is 6.30. The van der Waals surface area contributed by atoms with E-state index in [1.54, 1.807) is 42.2 Å². The molecular formula is C14H17ClN4O2. The van der Waals surface area contributed by atoms with Crippen LogP contribution < -0.4 is 4.74 Å². The van der Waals surface area contributed by atoms with Crippen LogP contribution >= 0.6 is 11.6 Å². The summed E-state index contributed by atoms with van der Waals surface area (Å²) in [5.41, 5.74) is 0.876. The van der Waals surface area contributed by atoms with Crippen LogP contribution in [0.2, 0.25) is 5.02 Å². The Bertz CT molecular complexity index is 601. The number of rotatable bonds is 6. The maximum absolute atomic E-state index is 12.1. The minimum Gasteiger partial charge on any atom is -0.496 e. The van der Waals surface area contributed by atoms with Crippen LogP contribution in [0, 0.1) is 0 Å². The third-order valence-corrected chi connectivity index (χ3v) is 3.33. The molecule has 2 rings (SSSR count). The summed E-state index contributed by atoms with van der Waals surface area (Å²) in [6, 6.07) is 5.36. The molecule has 6 nitrogen and oxygen atoms in total. The van der Waals surface area contributed by atoms with Gasteiger partial charge in [-0.05, 0) is 18.2 Å². The van der Waals surface area contributed by atoms with E-state index in [0.717, 1.165) is 11.3 Å². The van der Waals surface area contributed by atoms with Crippen molar-refractivity contribution in [3.8, 4) is 5.75 Å². The Morgan fingerprint density at radius 3 is 2.95 bits per heavy atom. The fourth-order valence-electron chi connectivity index (χ4n) is 1.96. The van der Waals surface area contributed by atoms with Crippen molar-refractivity contribution in [1.82, 2.24) is 19.7 Å². The molecule has 0 unspecified atom stereocenters. The Hall–Kier alpha value is -2.08. The molecule has 0 saturated carbocycles. The van der Waals surface area contributed by atoms with Gasteiger partial charge in [0, 0.05) is 30.6 Å². The second-order valence-electron chi connectivity index (χ2n) is 4.61. The summed E-state index contributed by atoms with van der Waals surface area (Å²) in [5.74, 6) is 0.739. The van der Waals surface area contributed by atoms with Crippen molar-refractivity contribution in [2.45, 2.75) is 19.5 Å². The van der Waals surface area contributed by atoms with Gasteiger partial charge in [-0.3, -0.25) is 9.48 Å². The summed E-state index contributed by atoms with van der Waals surface area (Å²) in [6.45, 7) is 0.954. The van der Waals surface area contributed by atoms with E-state index in [0.29, 0.717) is 24.5 Å². The number of hydrogen-bond acceptors (Lipinski definition) is 4. The highest BCUT2D eigenvalue weighted by atomic mass is 35.5. The fourth-order valence-corrected chi connectivity index (χ4v) is 2.16. The Labute approximate surface area is 128 Å². The van der Waals surface area contributed by atoms with Crippen molar-refractivity contribution < 1.29 is 9.53 Å². The highest BCUT2D eigenvalue weighted by Gasteiger charge is 2.12. The van der Waals surface area contributed by atoms with Gasteiger partial charge in [-0.25, -0.2) is 4.98 Å². The molecule has 1 aromatic carbocycles. The lowest BCUT2D eigenvalue weighted by atomic mass is 10.2. The SMILES string of the molecule is COc1ccc(Cl)cc1CN(C)C(=O)CCn1cncn1. The Morgan fingerprint density at radius 1 is 1.48 bits per heavy atom. The van der Waals surface area contributed by atoms with Gasteiger partial charge in [0.2, 0.25) is 5.91 Å². The number of ether oxygens (including phenoxy) is 1. The zero-order valence-electron chi connectivity index (χ0n) is 12.0. The van der Waals surface area contributed by atoms with Crippen LogP contribution in [0.1, 0.15) is 12.0 Å². The van der Waals surface area contributed by atoms with Crippen LogP contribution in [-0.4, -0.2) is 39.7 Å². The van der Waals surface area contributed by atoms with E-state index in [1.807, 2.05) is 6.07 Å². The first-order valence-corrected chi connectivity index (χ1v) is 6.86. The molecule has 0 aliphatic heterocycles. The van der Waals surface area contributed by atoms with Crippen LogP contribution in [0.5, 0.6) is 5.75 Å². The summed E-state index contributed by atoms with van der Waals surface area (Å²) in [6.07, 6.45) is 3.40. The summed E-state index contributed by atoms with van der Waals surface area (Å²) in [5, 5.41) is 4.59. The number of aromatic nitrogens is 3. The molecule has 0 fully saturated rings. The molecule has 112 valence electrons. The normalized spacial score (nSPS) is 10.4. The first-order chi connectivity index (χ1) is 10.1. The van der Waals surface area contributed by atoms with Gasteiger partial charge in [0.1, 0.15) is 18.4 Å². The van der Waals surface area contributed by atoms with E-state index in [9.17, 15) is 4.79 Å². The molecule has 0 aliphatic rings. The van der Waals surface area contributed by atoms with Crippen molar-refractivity contribution in [2.24, 2.45) is 0 Å². The molecule has 0 aliphatic carbocycles. The van der Waals surface area contributed by atoms with Crippen molar-refractivity contribution in [1.29, 1.82) is 0 Å². The van der Waals surface area contributed by atoms with E-state index < -0.39 is 0 Å². The maximum atomic E-state index is 12.1. The summed E-state index contributed by atoms with van der Waals surface area (Å²) < 4.78 is 6.91. The zero-order chi connectivity index (χ0) is 15.2. The maximum Gasteiger partial charge on any atom is 0.224 e. The molecule has 0 saturated heterocycles. The zero-order valence-corrected chi connectivity index (χ0v) is 12.7. The predicted molar refractivity (Wildman–Crippen MR) is 79.1 cm³/mol. The summed E-state index contributed by atoms with van der Waals surface area (Å²) >= 11 is 5.99. The standard InChI is InChI=1S/C14H17ClN4O2/c1-18(14(20)5-6-19-10-16-9-17-19)8-11-7-12(15)3-4-13(11)21-2/h3-4,7,9-10H,5-6,8H2,1-2H3. The lowest BCUT2D eigenvalue weighted by Crippen LogP contribution is -2.27. The predicted octanol–water partition coefficient (Wildman–Crippen LogP) is 1.99. The van der Waals surface area contributed by atoms with Gasteiger partial charge in [-0.1, -0.05) is 11.6 Å². The molecule has 1 amide bonds. The number of amides is 1. The van der Waals surface area contributed by atoms with Crippen LogP contribution in [0.3, 0.4) is 0 Å². The Morgan fingerprint density at radius 2 is 2.29 bits per heavy atom. The number of aryl methyl sites for hydroxylation is 1. The number of benzene rings is 1. The van der Waals surface area contributed by atoms with Gasteiger partial charge in [-0.15, -0.1) is 0 Å². The van der Waals surface area contributed by atoms with Crippen LogP contribution in [0.4, 0.5) is 0 Å². The van der Waals surface area contributed by atoms with Crippen LogP contribution in [-0.2, 0) is 17.9 Å². The van der Waals surface area contributed by atoms with Crippen molar-refractivity contribution in [3.05, 3.63) is 41.4 Å². The first kappa shape index (κ1) is 15.3. The van der Waals surface area contributed by atoms with E-state index in [4.69, 9.17) is 16.3 Å². The number of halogens is 1. The van der Waals surface area contributed by atoms with Crippen molar-refractivity contribution in [3.63, 3.8) is 0 Å². The first-order valence-electron chi connectivity index (χ1n) is 6.49. The molecule has 0 N–H and O–H groups in total. The lowest BCUT2D eigenvalue weighted by Gasteiger charge is -2.19. The molecule has 0 radical (unpaired) electrons. The third kappa shape index (κ3) is 4.19. The van der Waals surface area contributed by atoms with Crippen molar-refractivity contribution >= 4 is 17.5 Å². The van der Waals surface area contributed by atoms with Gasteiger partial charge < -0.3 is 9.64 Å². The van der Waals surface area contributed by atoms with Gasteiger partial charge >= 0.3 is 0 Å². The highest BCUT2D eigenvalue weighted by Crippen LogP contribution is 2.23. The number of carbonyl (C=O) groups excluding carboxylic acids is 1. The molecule has 1 aromatic heterocycles.